The minimum atomic E-state index is 0.228. The van der Waals surface area contributed by atoms with Crippen molar-refractivity contribution in [2.24, 2.45) is 5.73 Å². The molecule has 0 saturated carbocycles. The lowest BCUT2D eigenvalue weighted by Crippen LogP contribution is -2.17. The molecule has 0 spiro atoms. The van der Waals surface area contributed by atoms with Crippen molar-refractivity contribution in [2.45, 2.75) is 19.9 Å². The molecule has 0 amide bonds. The number of aromatic nitrogens is 2. The SMILES string of the molecule is Cc1ccc(-c2ccnn2C(C)CN)cc1. The molecule has 2 rings (SSSR count). The van der Waals surface area contributed by atoms with Crippen molar-refractivity contribution in [1.29, 1.82) is 0 Å². The third kappa shape index (κ3) is 1.99. The Labute approximate surface area is 95.9 Å². The van der Waals surface area contributed by atoms with Crippen LogP contribution in [0.5, 0.6) is 0 Å². The molecule has 0 aliphatic carbocycles. The van der Waals surface area contributed by atoms with Crippen LogP contribution in [0.1, 0.15) is 18.5 Å². The third-order valence-corrected chi connectivity index (χ3v) is 2.78. The molecule has 1 unspecified atom stereocenters. The van der Waals surface area contributed by atoms with Crippen LogP contribution in [0.15, 0.2) is 36.5 Å². The molecule has 0 bridgehead atoms. The summed E-state index contributed by atoms with van der Waals surface area (Å²) in [5.74, 6) is 0. The molecule has 0 aliphatic rings. The minimum Gasteiger partial charge on any atom is -0.328 e. The average molecular weight is 215 g/mol. The molecule has 84 valence electrons. The molecular formula is C13H17N3. The second kappa shape index (κ2) is 4.49. The standard InChI is InChI=1S/C13H17N3/c1-10-3-5-12(6-4-10)13-7-8-15-16(13)11(2)9-14/h3-8,11H,9,14H2,1-2H3. The molecule has 2 aromatic rings. The van der Waals surface area contributed by atoms with Crippen molar-refractivity contribution in [2.75, 3.05) is 6.54 Å². The largest absolute Gasteiger partial charge is 0.328 e. The predicted octanol–water partition coefficient (Wildman–Crippen LogP) is 2.38. The van der Waals surface area contributed by atoms with Gasteiger partial charge in [0.05, 0.1) is 11.7 Å². The first kappa shape index (κ1) is 10.9. The van der Waals surface area contributed by atoms with Gasteiger partial charge in [0.1, 0.15) is 0 Å². The lowest BCUT2D eigenvalue weighted by molar-refractivity contribution is 0.506. The van der Waals surface area contributed by atoms with Gasteiger partial charge in [-0.3, -0.25) is 4.68 Å². The number of nitrogens with two attached hydrogens (primary N) is 1. The Morgan fingerprint density at radius 2 is 1.94 bits per heavy atom. The quantitative estimate of drug-likeness (QED) is 0.854. The first-order valence-electron chi connectivity index (χ1n) is 5.53. The van der Waals surface area contributed by atoms with Gasteiger partial charge in [0.25, 0.3) is 0 Å². The highest BCUT2D eigenvalue weighted by Gasteiger charge is 2.09. The predicted molar refractivity (Wildman–Crippen MR) is 66.2 cm³/mol. The van der Waals surface area contributed by atoms with Crippen LogP contribution in [0.25, 0.3) is 11.3 Å². The Bertz CT molecular complexity index is 456. The molecule has 1 aromatic carbocycles. The van der Waals surface area contributed by atoms with Gasteiger partial charge in [-0.25, -0.2) is 0 Å². The van der Waals surface area contributed by atoms with E-state index < -0.39 is 0 Å². The highest BCUT2D eigenvalue weighted by atomic mass is 15.3. The zero-order chi connectivity index (χ0) is 11.5. The number of rotatable bonds is 3. The minimum absolute atomic E-state index is 0.228. The van der Waals surface area contributed by atoms with Crippen LogP contribution >= 0.6 is 0 Å². The molecule has 1 heterocycles. The number of aryl methyl sites for hydroxylation is 1. The molecule has 1 atom stereocenters. The van der Waals surface area contributed by atoms with Gasteiger partial charge < -0.3 is 5.73 Å². The number of nitrogens with zero attached hydrogens (tertiary/aromatic N) is 2. The van der Waals surface area contributed by atoms with Gasteiger partial charge in [-0.05, 0) is 25.5 Å². The summed E-state index contributed by atoms with van der Waals surface area (Å²) in [6, 6.07) is 10.7. The van der Waals surface area contributed by atoms with Crippen LogP contribution < -0.4 is 5.73 Å². The van der Waals surface area contributed by atoms with Crippen molar-refractivity contribution < 1.29 is 0 Å². The fraction of sp³-hybridized carbons (Fsp3) is 0.308. The normalized spacial score (nSPS) is 12.7. The second-order valence-electron chi connectivity index (χ2n) is 4.11. The van der Waals surface area contributed by atoms with Crippen LogP contribution in [0.2, 0.25) is 0 Å². The van der Waals surface area contributed by atoms with Crippen molar-refractivity contribution in [1.82, 2.24) is 9.78 Å². The Kier molecular flexibility index (Phi) is 3.06. The third-order valence-electron chi connectivity index (χ3n) is 2.78. The van der Waals surface area contributed by atoms with Gasteiger partial charge in [0.2, 0.25) is 0 Å². The van der Waals surface area contributed by atoms with Gasteiger partial charge >= 0.3 is 0 Å². The Morgan fingerprint density at radius 1 is 1.25 bits per heavy atom. The van der Waals surface area contributed by atoms with E-state index in [2.05, 4.69) is 43.2 Å². The van der Waals surface area contributed by atoms with Crippen molar-refractivity contribution in [3.63, 3.8) is 0 Å². The van der Waals surface area contributed by atoms with E-state index in [9.17, 15) is 0 Å². The lowest BCUT2D eigenvalue weighted by Gasteiger charge is -2.13. The summed E-state index contributed by atoms with van der Waals surface area (Å²) in [7, 11) is 0. The van der Waals surface area contributed by atoms with Crippen molar-refractivity contribution in [3.05, 3.63) is 42.1 Å². The van der Waals surface area contributed by atoms with Crippen LogP contribution in [0.3, 0.4) is 0 Å². The summed E-state index contributed by atoms with van der Waals surface area (Å²) in [5.41, 5.74) is 9.25. The van der Waals surface area contributed by atoms with Gasteiger partial charge in [-0.2, -0.15) is 5.10 Å². The van der Waals surface area contributed by atoms with E-state index >= 15 is 0 Å². The van der Waals surface area contributed by atoms with Crippen LogP contribution in [-0.2, 0) is 0 Å². The first-order chi connectivity index (χ1) is 7.72. The Balaban J connectivity index is 2.40. The molecule has 16 heavy (non-hydrogen) atoms. The number of hydrogen-bond acceptors (Lipinski definition) is 2. The molecule has 0 saturated heterocycles. The molecule has 2 N–H and O–H groups in total. The fourth-order valence-corrected chi connectivity index (χ4v) is 1.72. The Hall–Kier alpha value is -1.61. The lowest BCUT2D eigenvalue weighted by atomic mass is 10.1. The van der Waals surface area contributed by atoms with E-state index in [0.717, 1.165) is 5.69 Å². The first-order valence-corrected chi connectivity index (χ1v) is 5.53. The monoisotopic (exact) mass is 215 g/mol. The zero-order valence-corrected chi connectivity index (χ0v) is 9.72. The summed E-state index contributed by atoms with van der Waals surface area (Å²) in [5, 5.41) is 4.32. The van der Waals surface area contributed by atoms with Crippen molar-refractivity contribution in [3.8, 4) is 11.3 Å². The van der Waals surface area contributed by atoms with E-state index in [0.29, 0.717) is 6.54 Å². The molecular weight excluding hydrogens is 198 g/mol. The average Bonchev–Trinajstić information content (AvgIpc) is 2.78. The maximum atomic E-state index is 5.67. The van der Waals surface area contributed by atoms with Crippen LogP contribution in [0, 0.1) is 6.92 Å². The fourth-order valence-electron chi connectivity index (χ4n) is 1.72. The van der Waals surface area contributed by atoms with Gasteiger partial charge in [0.15, 0.2) is 0 Å². The summed E-state index contributed by atoms with van der Waals surface area (Å²) < 4.78 is 1.98. The highest BCUT2D eigenvalue weighted by molar-refractivity contribution is 5.59. The molecule has 0 radical (unpaired) electrons. The van der Waals surface area contributed by atoms with E-state index in [1.54, 1.807) is 0 Å². The maximum Gasteiger partial charge on any atom is 0.0685 e. The topological polar surface area (TPSA) is 43.8 Å². The molecule has 1 aromatic heterocycles. The van der Waals surface area contributed by atoms with Gasteiger partial charge in [-0.1, -0.05) is 29.8 Å². The molecule has 0 aliphatic heterocycles. The van der Waals surface area contributed by atoms with Crippen molar-refractivity contribution >= 4 is 0 Å². The summed E-state index contributed by atoms with van der Waals surface area (Å²) >= 11 is 0. The zero-order valence-electron chi connectivity index (χ0n) is 9.72. The number of benzene rings is 1. The summed E-state index contributed by atoms with van der Waals surface area (Å²) in [6.07, 6.45) is 1.82. The van der Waals surface area contributed by atoms with E-state index in [1.165, 1.54) is 11.1 Å². The summed E-state index contributed by atoms with van der Waals surface area (Å²) in [4.78, 5) is 0. The Morgan fingerprint density at radius 3 is 2.56 bits per heavy atom. The second-order valence-corrected chi connectivity index (χ2v) is 4.11. The van der Waals surface area contributed by atoms with E-state index in [-0.39, 0.29) is 6.04 Å². The highest BCUT2D eigenvalue weighted by Crippen LogP contribution is 2.21. The molecule has 0 fully saturated rings. The van der Waals surface area contributed by atoms with E-state index in [4.69, 9.17) is 5.73 Å². The van der Waals surface area contributed by atoms with Gasteiger partial charge in [-0.15, -0.1) is 0 Å². The molecule has 3 nitrogen and oxygen atoms in total. The van der Waals surface area contributed by atoms with Crippen LogP contribution in [0.4, 0.5) is 0 Å². The van der Waals surface area contributed by atoms with Gasteiger partial charge in [0, 0.05) is 12.7 Å². The summed E-state index contributed by atoms with van der Waals surface area (Å²) in [6.45, 7) is 4.76. The smallest absolute Gasteiger partial charge is 0.0685 e. The number of hydrogen-bond donors (Lipinski definition) is 1. The maximum absolute atomic E-state index is 5.67. The molecule has 3 heteroatoms. The van der Waals surface area contributed by atoms with Crippen LogP contribution in [-0.4, -0.2) is 16.3 Å². The van der Waals surface area contributed by atoms with E-state index in [1.807, 2.05) is 16.9 Å².